The van der Waals surface area contributed by atoms with Crippen molar-refractivity contribution in [2.45, 2.75) is 24.3 Å². The molecule has 0 N–H and O–H groups in total. The molecule has 0 atom stereocenters. The van der Waals surface area contributed by atoms with E-state index in [-0.39, 0.29) is 18.6 Å². The van der Waals surface area contributed by atoms with Gasteiger partial charge in [-0.3, -0.25) is 9.69 Å². The van der Waals surface area contributed by atoms with Crippen molar-refractivity contribution in [1.29, 1.82) is 0 Å². The van der Waals surface area contributed by atoms with E-state index in [0.29, 0.717) is 43.9 Å². The highest BCUT2D eigenvalue weighted by atomic mass is 79.9. The zero-order valence-corrected chi connectivity index (χ0v) is 21.3. The van der Waals surface area contributed by atoms with Crippen LogP contribution in [0.15, 0.2) is 51.8 Å². The Morgan fingerprint density at radius 3 is 2.29 bits per heavy atom. The lowest BCUT2D eigenvalue weighted by molar-refractivity contribution is -0.138. The van der Waals surface area contributed by atoms with Crippen LogP contribution in [-0.4, -0.2) is 74.5 Å². The Bertz CT molecular complexity index is 1140. The number of hydrogen-bond acceptors (Lipinski definition) is 6. The van der Waals surface area contributed by atoms with Gasteiger partial charge in [-0.05, 0) is 54.8 Å². The molecule has 3 aliphatic rings. The van der Waals surface area contributed by atoms with Crippen molar-refractivity contribution in [3.05, 3.63) is 52.5 Å². The topological polar surface area (TPSA) is 79.4 Å². The van der Waals surface area contributed by atoms with Crippen molar-refractivity contribution in [1.82, 2.24) is 14.1 Å². The Kier molecular flexibility index (Phi) is 6.83. The number of rotatable bonds is 5. The second-order valence-electron chi connectivity index (χ2n) is 8.92. The fourth-order valence-corrected chi connectivity index (χ4v) is 6.51. The number of piperazine rings is 1. The molecule has 0 unspecified atom stereocenters. The number of piperidine rings is 1. The van der Waals surface area contributed by atoms with Gasteiger partial charge in [-0.2, -0.15) is 4.31 Å². The van der Waals surface area contributed by atoms with Gasteiger partial charge in [-0.1, -0.05) is 22.0 Å². The number of amides is 1. The summed E-state index contributed by atoms with van der Waals surface area (Å²) in [5, 5.41) is 0. The molecule has 2 aromatic rings. The largest absolute Gasteiger partial charge is 0.454 e. The van der Waals surface area contributed by atoms with Gasteiger partial charge in [0.05, 0.1) is 4.90 Å². The number of nitrogens with zero attached hydrogens (tertiary/aromatic N) is 3. The molecule has 0 aliphatic carbocycles. The fourth-order valence-electron chi connectivity index (χ4n) is 4.78. The normalized spacial score (nSPS) is 20.0. The molecular formula is C24H28BrN3O5S. The number of carbonyl (C=O) groups is 1. The molecule has 1 amide bonds. The molecular weight excluding hydrogens is 522 g/mol. The van der Waals surface area contributed by atoms with Crippen molar-refractivity contribution >= 4 is 31.9 Å². The van der Waals surface area contributed by atoms with E-state index in [0.717, 1.165) is 35.6 Å². The summed E-state index contributed by atoms with van der Waals surface area (Å²) in [5.41, 5.74) is 1.17. The summed E-state index contributed by atoms with van der Waals surface area (Å²) in [6.45, 7) is 4.85. The Morgan fingerprint density at radius 2 is 1.59 bits per heavy atom. The highest BCUT2D eigenvalue weighted by Gasteiger charge is 2.34. The van der Waals surface area contributed by atoms with E-state index in [1.54, 1.807) is 24.3 Å². The van der Waals surface area contributed by atoms with E-state index in [1.807, 2.05) is 17.0 Å². The van der Waals surface area contributed by atoms with Crippen LogP contribution in [0, 0.1) is 5.92 Å². The summed E-state index contributed by atoms with van der Waals surface area (Å²) < 4.78 is 39.0. The third-order valence-electron chi connectivity index (χ3n) is 6.78. The smallest absolute Gasteiger partial charge is 0.243 e. The SMILES string of the molecule is O=C(C1CCN(S(=O)(=O)c2ccc(Br)cc2)CC1)N1CCN(Cc2ccc3c(c2)OCO3)CC1. The van der Waals surface area contributed by atoms with Gasteiger partial charge in [0.15, 0.2) is 11.5 Å². The summed E-state index contributed by atoms with van der Waals surface area (Å²) in [6, 6.07) is 12.7. The van der Waals surface area contributed by atoms with Gasteiger partial charge in [0, 0.05) is 56.2 Å². The number of ether oxygens (including phenoxy) is 2. The predicted octanol–water partition coefficient (Wildman–Crippen LogP) is 2.92. The fraction of sp³-hybridized carbons (Fsp3) is 0.458. The zero-order chi connectivity index (χ0) is 23.7. The van der Waals surface area contributed by atoms with Crippen molar-refractivity contribution in [2.75, 3.05) is 46.1 Å². The van der Waals surface area contributed by atoms with E-state index < -0.39 is 10.0 Å². The number of carbonyl (C=O) groups excluding carboxylic acids is 1. The van der Waals surface area contributed by atoms with E-state index in [2.05, 4.69) is 26.9 Å². The molecule has 0 saturated carbocycles. The van der Waals surface area contributed by atoms with Crippen LogP contribution in [0.5, 0.6) is 11.5 Å². The highest BCUT2D eigenvalue weighted by Crippen LogP contribution is 2.33. The highest BCUT2D eigenvalue weighted by molar-refractivity contribution is 9.10. The first-order chi connectivity index (χ1) is 16.4. The van der Waals surface area contributed by atoms with Gasteiger partial charge in [0.1, 0.15) is 0 Å². The van der Waals surface area contributed by atoms with Gasteiger partial charge in [0.2, 0.25) is 22.7 Å². The average molecular weight is 550 g/mol. The molecule has 2 aromatic carbocycles. The lowest BCUT2D eigenvalue weighted by Crippen LogP contribution is -2.51. The van der Waals surface area contributed by atoms with Crippen LogP contribution in [0.3, 0.4) is 0 Å². The third-order valence-corrected chi connectivity index (χ3v) is 9.22. The molecule has 8 nitrogen and oxygen atoms in total. The molecule has 2 fully saturated rings. The molecule has 2 saturated heterocycles. The predicted molar refractivity (Wildman–Crippen MR) is 130 cm³/mol. The number of fused-ring (bicyclic) bond motifs is 1. The van der Waals surface area contributed by atoms with Crippen molar-refractivity contribution in [2.24, 2.45) is 5.92 Å². The number of benzene rings is 2. The maximum atomic E-state index is 13.1. The number of hydrogen-bond donors (Lipinski definition) is 0. The van der Waals surface area contributed by atoms with Gasteiger partial charge in [0.25, 0.3) is 0 Å². The second kappa shape index (κ2) is 9.85. The van der Waals surface area contributed by atoms with Crippen LogP contribution in [0.1, 0.15) is 18.4 Å². The Labute approximate surface area is 208 Å². The Balaban J connectivity index is 1.11. The van der Waals surface area contributed by atoms with Crippen LogP contribution in [-0.2, 0) is 21.4 Å². The standard InChI is InChI=1S/C24H28BrN3O5S/c25-20-2-4-21(5-3-20)34(30,31)28-9-7-19(8-10-28)24(29)27-13-11-26(12-14-27)16-18-1-6-22-23(15-18)33-17-32-22/h1-6,15,19H,7-14,16-17H2. The molecule has 0 aromatic heterocycles. The molecule has 5 rings (SSSR count). The summed E-state index contributed by atoms with van der Waals surface area (Å²) in [6.07, 6.45) is 1.12. The van der Waals surface area contributed by atoms with Gasteiger partial charge < -0.3 is 14.4 Å². The minimum absolute atomic E-state index is 0.114. The van der Waals surface area contributed by atoms with E-state index in [1.165, 1.54) is 9.87 Å². The zero-order valence-electron chi connectivity index (χ0n) is 18.9. The molecule has 0 spiro atoms. The molecule has 0 bridgehead atoms. The quantitative estimate of drug-likeness (QED) is 0.570. The van der Waals surface area contributed by atoms with E-state index in [9.17, 15) is 13.2 Å². The Hall–Kier alpha value is -2.14. The van der Waals surface area contributed by atoms with E-state index in [4.69, 9.17) is 9.47 Å². The number of sulfonamides is 1. The molecule has 34 heavy (non-hydrogen) atoms. The van der Waals surface area contributed by atoms with Crippen LogP contribution in [0.4, 0.5) is 0 Å². The molecule has 182 valence electrons. The summed E-state index contributed by atoms with van der Waals surface area (Å²) in [7, 11) is -3.53. The van der Waals surface area contributed by atoms with Crippen molar-refractivity contribution < 1.29 is 22.7 Å². The van der Waals surface area contributed by atoms with Crippen LogP contribution >= 0.6 is 15.9 Å². The first-order valence-corrected chi connectivity index (χ1v) is 13.8. The summed E-state index contributed by atoms with van der Waals surface area (Å²) >= 11 is 3.34. The van der Waals surface area contributed by atoms with Crippen LogP contribution in [0.25, 0.3) is 0 Å². The van der Waals surface area contributed by atoms with E-state index >= 15 is 0 Å². The van der Waals surface area contributed by atoms with Crippen molar-refractivity contribution in [3.63, 3.8) is 0 Å². The molecule has 10 heteroatoms. The minimum atomic E-state index is -3.53. The lowest BCUT2D eigenvalue weighted by atomic mass is 9.96. The van der Waals surface area contributed by atoms with Crippen LogP contribution < -0.4 is 9.47 Å². The number of halogens is 1. The van der Waals surface area contributed by atoms with Crippen LogP contribution in [0.2, 0.25) is 0 Å². The van der Waals surface area contributed by atoms with Gasteiger partial charge in [-0.25, -0.2) is 8.42 Å². The third kappa shape index (κ3) is 4.95. The molecule has 3 aliphatic heterocycles. The van der Waals surface area contributed by atoms with Crippen molar-refractivity contribution in [3.8, 4) is 11.5 Å². The Morgan fingerprint density at radius 1 is 0.912 bits per heavy atom. The van der Waals surface area contributed by atoms with Gasteiger partial charge >= 0.3 is 0 Å². The molecule has 0 radical (unpaired) electrons. The minimum Gasteiger partial charge on any atom is -0.454 e. The monoisotopic (exact) mass is 549 g/mol. The first-order valence-electron chi connectivity index (χ1n) is 11.6. The van der Waals surface area contributed by atoms with Gasteiger partial charge in [-0.15, -0.1) is 0 Å². The maximum Gasteiger partial charge on any atom is 0.243 e. The maximum absolute atomic E-state index is 13.1. The summed E-state index contributed by atoms with van der Waals surface area (Å²) in [4.78, 5) is 17.7. The lowest BCUT2D eigenvalue weighted by Gasteiger charge is -2.38. The average Bonchev–Trinajstić information content (AvgIpc) is 3.32. The molecule has 3 heterocycles. The summed E-state index contributed by atoms with van der Waals surface area (Å²) in [5.74, 6) is 1.62. The first kappa shape index (κ1) is 23.6. The second-order valence-corrected chi connectivity index (χ2v) is 11.8.